The standard InChI is InChI=1S/C22H25NO6S/c1-6-29-21(25)22(16(3)17(4)24,18-9-11-19(28-5)12-10-18)23-30(26,27)20-13-7-15(2)8-14-20/h7-14,23H,3,6H2,1-2,4-5H3/t22-/m0/s1. The lowest BCUT2D eigenvalue weighted by Gasteiger charge is -2.33. The Bertz CT molecular complexity index is 1040. The second kappa shape index (κ2) is 9.23. The lowest BCUT2D eigenvalue weighted by atomic mass is 9.82. The fourth-order valence-electron chi connectivity index (χ4n) is 2.90. The maximum atomic E-state index is 13.2. The van der Waals surface area contributed by atoms with Crippen LogP contribution in [-0.4, -0.2) is 33.9 Å². The highest BCUT2D eigenvalue weighted by Crippen LogP contribution is 2.34. The molecule has 0 aliphatic rings. The van der Waals surface area contributed by atoms with Gasteiger partial charge in [-0.25, -0.2) is 13.2 Å². The van der Waals surface area contributed by atoms with Crippen molar-refractivity contribution in [2.45, 2.75) is 31.2 Å². The van der Waals surface area contributed by atoms with E-state index in [0.29, 0.717) is 5.75 Å². The molecular weight excluding hydrogens is 406 g/mol. The highest BCUT2D eigenvalue weighted by molar-refractivity contribution is 7.89. The van der Waals surface area contributed by atoms with Crippen LogP contribution in [0.15, 0.2) is 65.6 Å². The van der Waals surface area contributed by atoms with Crippen molar-refractivity contribution in [3.8, 4) is 5.75 Å². The Kier molecular flexibility index (Phi) is 7.17. The first kappa shape index (κ1) is 23.3. The molecule has 2 aromatic rings. The molecule has 2 aromatic carbocycles. The predicted molar refractivity (Wildman–Crippen MR) is 113 cm³/mol. The van der Waals surface area contributed by atoms with Crippen LogP contribution in [-0.2, 0) is 29.9 Å². The summed E-state index contributed by atoms with van der Waals surface area (Å²) in [6, 6.07) is 12.2. The van der Waals surface area contributed by atoms with Gasteiger partial charge in [-0.3, -0.25) is 4.79 Å². The minimum absolute atomic E-state index is 0.0197. The van der Waals surface area contributed by atoms with Crippen LogP contribution < -0.4 is 9.46 Å². The molecule has 0 bridgehead atoms. The molecule has 8 heteroatoms. The van der Waals surface area contributed by atoms with Crippen LogP contribution in [0.3, 0.4) is 0 Å². The first-order valence-electron chi connectivity index (χ1n) is 9.21. The number of aryl methyl sites for hydroxylation is 1. The summed E-state index contributed by atoms with van der Waals surface area (Å²) in [6.45, 7) is 8.33. The number of nitrogens with one attached hydrogen (secondary N) is 1. The van der Waals surface area contributed by atoms with Gasteiger partial charge in [0.1, 0.15) is 5.75 Å². The van der Waals surface area contributed by atoms with Crippen LogP contribution in [0.5, 0.6) is 5.75 Å². The predicted octanol–water partition coefficient (Wildman–Crippen LogP) is 2.89. The van der Waals surface area contributed by atoms with Gasteiger partial charge >= 0.3 is 5.97 Å². The summed E-state index contributed by atoms with van der Waals surface area (Å²) in [5.41, 5.74) is -1.36. The largest absolute Gasteiger partial charge is 0.497 e. The van der Waals surface area contributed by atoms with Crippen LogP contribution in [0.25, 0.3) is 0 Å². The Morgan fingerprint density at radius 1 is 1.07 bits per heavy atom. The molecule has 1 N–H and O–H groups in total. The quantitative estimate of drug-likeness (QED) is 0.484. The molecule has 0 spiro atoms. The summed E-state index contributed by atoms with van der Waals surface area (Å²) >= 11 is 0. The van der Waals surface area contributed by atoms with Crippen LogP contribution in [0, 0.1) is 6.92 Å². The number of hydrogen-bond donors (Lipinski definition) is 1. The highest BCUT2D eigenvalue weighted by atomic mass is 32.2. The molecule has 160 valence electrons. The van der Waals surface area contributed by atoms with Crippen molar-refractivity contribution < 1.29 is 27.5 Å². The summed E-state index contributed by atoms with van der Waals surface area (Å²) in [4.78, 5) is 25.4. The van der Waals surface area contributed by atoms with Crippen LogP contribution in [0.2, 0.25) is 0 Å². The van der Waals surface area contributed by atoms with Gasteiger partial charge in [-0.1, -0.05) is 36.4 Å². The van der Waals surface area contributed by atoms with Crippen LogP contribution in [0.1, 0.15) is 25.0 Å². The Labute approximate surface area is 176 Å². The molecule has 30 heavy (non-hydrogen) atoms. The number of Topliss-reactive ketones (excluding diaryl/α,β-unsaturated/α-hetero) is 1. The van der Waals surface area contributed by atoms with E-state index in [9.17, 15) is 18.0 Å². The Morgan fingerprint density at radius 2 is 1.63 bits per heavy atom. The van der Waals surface area contributed by atoms with Gasteiger partial charge in [0.15, 0.2) is 11.3 Å². The number of benzene rings is 2. The number of ketones is 1. The second-order valence-electron chi connectivity index (χ2n) is 6.65. The van der Waals surface area contributed by atoms with Crippen LogP contribution in [0.4, 0.5) is 0 Å². The Hall–Kier alpha value is -2.97. The maximum Gasteiger partial charge on any atom is 0.336 e. The fraction of sp³-hybridized carbons (Fsp3) is 0.273. The third-order valence-electron chi connectivity index (χ3n) is 4.60. The van der Waals surface area contributed by atoms with Gasteiger partial charge in [0.05, 0.1) is 18.6 Å². The fourth-order valence-corrected chi connectivity index (χ4v) is 4.24. The number of hydrogen-bond acceptors (Lipinski definition) is 6. The maximum absolute atomic E-state index is 13.2. The van der Waals surface area contributed by atoms with E-state index in [4.69, 9.17) is 9.47 Å². The summed E-state index contributed by atoms with van der Waals surface area (Å²) in [5.74, 6) is -1.03. The van der Waals surface area contributed by atoms with E-state index in [-0.39, 0.29) is 22.6 Å². The Balaban J connectivity index is 2.74. The number of methoxy groups -OCH3 is 1. The van der Waals surface area contributed by atoms with Crippen molar-refractivity contribution in [2.75, 3.05) is 13.7 Å². The molecular formula is C22H25NO6S. The number of sulfonamides is 1. The summed E-state index contributed by atoms with van der Waals surface area (Å²) in [5, 5.41) is 0. The average Bonchev–Trinajstić information content (AvgIpc) is 2.72. The van der Waals surface area contributed by atoms with E-state index in [1.54, 1.807) is 31.2 Å². The van der Waals surface area contributed by atoms with Crippen molar-refractivity contribution in [2.24, 2.45) is 0 Å². The molecule has 0 unspecified atom stereocenters. The van der Waals surface area contributed by atoms with Crippen LogP contribution >= 0.6 is 0 Å². The van der Waals surface area contributed by atoms with E-state index in [1.807, 2.05) is 6.92 Å². The molecule has 2 rings (SSSR count). The number of ether oxygens (including phenoxy) is 2. The Morgan fingerprint density at radius 3 is 2.10 bits per heavy atom. The van der Waals surface area contributed by atoms with Gasteiger partial charge in [0.2, 0.25) is 10.0 Å². The van der Waals surface area contributed by atoms with Crippen molar-refractivity contribution in [3.63, 3.8) is 0 Å². The lowest BCUT2D eigenvalue weighted by molar-refractivity contribution is -0.150. The smallest absolute Gasteiger partial charge is 0.336 e. The minimum atomic E-state index is -4.24. The monoisotopic (exact) mass is 431 g/mol. The lowest BCUT2D eigenvalue weighted by Crippen LogP contribution is -2.55. The van der Waals surface area contributed by atoms with E-state index >= 15 is 0 Å². The third kappa shape index (κ3) is 4.60. The zero-order chi connectivity index (χ0) is 22.5. The van der Waals surface area contributed by atoms with Crippen molar-refractivity contribution in [1.82, 2.24) is 4.72 Å². The first-order valence-corrected chi connectivity index (χ1v) is 10.7. The van der Waals surface area contributed by atoms with E-state index in [2.05, 4.69) is 11.3 Å². The summed E-state index contributed by atoms with van der Waals surface area (Å²) in [6.07, 6.45) is 0. The summed E-state index contributed by atoms with van der Waals surface area (Å²) < 4.78 is 39.1. The molecule has 0 aliphatic heterocycles. The minimum Gasteiger partial charge on any atom is -0.497 e. The molecule has 1 atom stereocenters. The van der Waals surface area contributed by atoms with Gasteiger partial charge in [0.25, 0.3) is 0 Å². The van der Waals surface area contributed by atoms with Crippen molar-refractivity contribution in [1.29, 1.82) is 0 Å². The van der Waals surface area contributed by atoms with E-state index in [0.717, 1.165) is 5.56 Å². The second-order valence-corrected chi connectivity index (χ2v) is 8.33. The topological polar surface area (TPSA) is 98.8 Å². The van der Waals surface area contributed by atoms with Gasteiger partial charge in [-0.2, -0.15) is 4.72 Å². The molecule has 0 amide bonds. The number of rotatable bonds is 9. The zero-order valence-electron chi connectivity index (χ0n) is 17.4. The number of carbonyl (C=O) groups excluding carboxylic acids is 2. The molecule has 0 saturated heterocycles. The number of carbonyl (C=O) groups is 2. The zero-order valence-corrected chi connectivity index (χ0v) is 18.2. The SMILES string of the molecule is C=C(C(C)=O)[C@@](NS(=O)(=O)c1ccc(C)cc1)(C(=O)OCC)c1ccc(OC)cc1. The molecule has 0 radical (unpaired) electrons. The van der Waals surface area contributed by atoms with Crippen molar-refractivity contribution in [3.05, 3.63) is 71.8 Å². The molecule has 7 nitrogen and oxygen atoms in total. The molecule has 0 aliphatic carbocycles. The average molecular weight is 432 g/mol. The molecule has 0 aromatic heterocycles. The van der Waals surface area contributed by atoms with Gasteiger partial charge in [-0.15, -0.1) is 0 Å². The van der Waals surface area contributed by atoms with Gasteiger partial charge in [-0.05, 0) is 50.6 Å². The van der Waals surface area contributed by atoms with Gasteiger partial charge < -0.3 is 9.47 Å². The highest BCUT2D eigenvalue weighted by Gasteiger charge is 2.49. The third-order valence-corrected chi connectivity index (χ3v) is 6.07. The normalized spacial score (nSPS) is 13.2. The molecule has 0 fully saturated rings. The molecule has 0 saturated carbocycles. The number of esters is 1. The molecule has 0 heterocycles. The van der Waals surface area contributed by atoms with Crippen molar-refractivity contribution >= 4 is 21.8 Å². The summed E-state index contributed by atoms with van der Waals surface area (Å²) in [7, 11) is -2.76. The first-order chi connectivity index (χ1) is 14.1. The van der Waals surface area contributed by atoms with E-state index < -0.39 is 27.3 Å². The van der Waals surface area contributed by atoms with E-state index in [1.165, 1.54) is 38.3 Å². The van der Waals surface area contributed by atoms with Gasteiger partial charge in [0, 0.05) is 5.57 Å².